The quantitative estimate of drug-likeness (QED) is 0.254. The molecule has 1 aromatic rings. The van der Waals surface area contributed by atoms with Gasteiger partial charge >= 0.3 is 5.69 Å². The molecule has 1 aromatic heterocycles. The van der Waals surface area contributed by atoms with E-state index in [4.69, 9.17) is 15.0 Å². The molecule has 12 heteroatoms. The average Bonchev–Trinajstić information content (AvgIpc) is 2.85. The Hall–Kier alpha value is -2.24. The number of aliphatic hydroxyl groups is 2. The van der Waals surface area contributed by atoms with Crippen LogP contribution >= 0.6 is 0 Å². The van der Waals surface area contributed by atoms with E-state index >= 15 is 0 Å². The highest BCUT2D eigenvalue weighted by Crippen LogP contribution is 2.39. The normalized spacial score (nSPS) is 28.6. The van der Waals surface area contributed by atoms with Crippen LogP contribution in [0, 0.1) is 0 Å². The third kappa shape index (κ3) is 3.89. The van der Waals surface area contributed by atoms with Gasteiger partial charge in [-0.15, -0.1) is 0 Å². The highest BCUT2D eigenvalue weighted by molar-refractivity contribution is 5.31. The maximum Gasteiger partial charge on any atom is 0.351 e. The lowest BCUT2D eigenvalue weighted by atomic mass is 10.1. The molecule has 0 spiro atoms. The van der Waals surface area contributed by atoms with Crippen LogP contribution < -0.4 is 11.0 Å². The fourth-order valence-electron chi connectivity index (χ4n) is 2.42. The Bertz CT molecular complexity index is 696. The maximum absolute atomic E-state index is 14.4. The summed E-state index contributed by atoms with van der Waals surface area (Å²) in [5.74, 6) is 0.287. The first-order valence-electron chi connectivity index (χ1n) is 7.48. The monoisotopic (exact) mass is 358 g/mol. The molecule has 0 unspecified atom stereocenters. The second kappa shape index (κ2) is 8.23. The summed E-state index contributed by atoms with van der Waals surface area (Å²) < 4.78 is 25.2. The molecule has 1 saturated heterocycles. The van der Waals surface area contributed by atoms with E-state index in [-0.39, 0.29) is 5.82 Å². The van der Waals surface area contributed by atoms with Crippen LogP contribution in [0.4, 0.5) is 10.2 Å². The van der Waals surface area contributed by atoms with E-state index in [0.717, 1.165) is 4.57 Å². The minimum absolute atomic E-state index is 0.287. The molecule has 1 aliphatic heterocycles. The molecular formula is C13H19FN6O5. The fraction of sp³-hybridized carbons (Fsp3) is 0.692. The van der Waals surface area contributed by atoms with Crippen molar-refractivity contribution >= 4 is 5.82 Å². The highest BCUT2D eigenvalue weighted by Gasteiger charge is 2.56. The van der Waals surface area contributed by atoms with E-state index < -0.39 is 36.5 Å². The molecule has 0 amide bonds. The Morgan fingerprint density at radius 3 is 3.04 bits per heavy atom. The van der Waals surface area contributed by atoms with Crippen LogP contribution in [-0.4, -0.2) is 64.6 Å². The van der Waals surface area contributed by atoms with Gasteiger partial charge in [-0.2, -0.15) is 4.98 Å². The van der Waals surface area contributed by atoms with E-state index in [1.54, 1.807) is 7.11 Å². The lowest BCUT2D eigenvalue weighted by Crippen LogP contribution is -2.43. The molecule has 11 nitrogen and oxygen atoms in total. The molecule has 3 N–H and O–H groups in total. The molecule has 1 aliphatic rings. The zero-order chi connectivity index (χ0) is 18.4. The van der Waals surface area contributed by atoms with Crippen LogP contribution in [0.1, 0.15) is 12.6 Å². The van der Waals surface area contributed by atoms with Crippen molar-refractivity contribution in [2.75, 3.05) is 32.2 Å². The summed E-state index contributed by atoms with van der Waals surface area (Å²) in [4.78, 5) is 18.3. The van der Waals surface area contributed by atoms with E-state index in [1.807, 2.05) is 0 Å². The van der Waals surface area contributed by atoms with E-state index in [0.29, 0.717) is 19.6 Å². The summed E-state index contributed by atoms with van der Waals surface area (Å²) in [5, 5.41) is 25.3. The minimum Gasteiger partial charge on any atom is -0.393 e. The van der Waals surface area contributed by atoms with Crippen molar-refractivity contribution in [2.45, 2.75) is 30.6 Å². The van der Waals surface area contributed by atoms with Crippen molar-refractivity contribution in [3.63, 3.8) is 0 Å². The maximum atomic E-state index is 14.4. The zero-order valence-electron chi connectivity index (χ0n) is 13.4. The molecule has 2 heterocycles. The van der Waals surface area contributed by atoms with Gasteiger partial charge in [0.25, 0.3) is 0 Å². The standard InChI is InChI=1S/C13H19FN6O5/c1-24-6-2-4-16-8-3-5-20(12(23)17-8)11-9(14)10(22)13(7-21,25-11)18-19-15/h3,5,9-11,21-22H,2,4,6-7H2,1H3,(H,16,17,23)/t9-,10-,11+,13+/m0/s1. The van der Waals surface area contributed by atoms with Gasteiger partial charge < -0.3 is 25.0 Å². The summed E-state index contributed by atoms with van der Waals surface area (Å²) >= 11 is 0. The van der Waals surface area contributed by atoms with Gasteiger partial charge in [-0.05, 0) is 18.0 Å². The first-order valence-corrected chi connectivity index (χ1v) is 7.48. The predicted octanol–water partition coefficient (Wildman–Crippen LogP) is -0.0816. The number of hydrogen-bond donors (Lipinski definition) is 3. The van der Waals surface area contributed by atoms with Crippen LogP contribution in [0.5, 0.6) is 0 Å². The molecule has 0 aromatic carbocycles. The van der Waals surface area contributed by atoms with Crippen LogP contribution in [-0.2, 0) is 9.47 Å². The summed E-state index contributed by atoms with van der Waals surface area (Å²) in [6, 6.07) is 1.43. The number of alkyl halides is 1. The van der Waals surface area contributed by atoms with Crippen molar-refractivity contribution in [3.05, 3.63) is 33.2 Å². The van der Waals surface area contributed by atoms with Crippen molar-refractivity contribution in [3.8, 4) is 0 Å². The third-order valence-corrected chi connectivity index (χ3v) is 3.74. The van der Waals surface area contributed by atoms with Gasteiger partial charge in [0.05, 0.1) is 6.61 Å². The molecule has 0 bridgehead atoms. The number of nitrogens with one attached hydrogen (secondary N) is 1. The molecule has 1 fully saturated rings. The van der Waals surface area contributed by atoms with Crippen molar-refractivity contribution in [1.29, 1.82) is 0 Å². The van der Waals surface area contributed by atoms with Crippen LogP contribution in [0.2, 0.25) is 0 Å². The number of hydrogen-bond acceptors (Lipinski definition) is 8. The first-order chi connectivity index (χ1) is 12.0. The number of nitrogens with zero attached hydrogens (tertiary/aromatic N) is 5. The van der Waals surface area contributed by atoms with Crippen molar-refractivity contribution in [2.24, 2.45) is 5.11 Å². The molecule has 4 atom stereocenters. The van der Waals surface area contributed by atoms with Gasteiger partial charge in [-0.25, -0.2) is 9.18 Å². The Balaban J connectivity index is 2.18. The van der Waals surface area contributed by atoms with Crippen molar-refractivity contribution in [1.82, 2.24) is 9.55 Å². The number of ether oxygens (including phenoxy) is 2. The fourth-order valence-corrected chi connectivity index (χ4v) is 2.42. The molecule has 0 radical (unpaired) electrons. The Morgan fingerprint density at radius 1 is 1.68 bits per heavy atom. The molecular weight excluding hydrogens is 339 g/mol. The molecule has 2 rings (SSSR count). The minimum atomic E-state index is -2.20. The number of anilines is 1. The topological polar surface area (TPSA) is 155 Å². The predicted molar refractivity (Wildman–Crippen MR) is 83.5 cm³/mol. The second-order valence-corrected chi connectivity index (χ2v) is 5.37. The number of aromatic nitrogens is 2. The molecule has 0 aliphatic carbocycles. The average molecular weight is 358 g/mol. The molecule has 138 valence electrons. The van der Waals surface area contributed by atoms with Crippen molar-refractivity contribution < 1.29 is 24.1 Å². The van der Waals surface area contributed by atoms with Crippen LogP contribution in [0.15, 0.2) is 22.2 Å². The van der Waals surface area contributed by atoms with Gasteiger partial charge in [0.1, 0.15) is 11.9 Å². The van der Waals surface area contributed by atoms with Crippen LogP contribution in [0.25, 0.3) is 10.4 Å². The van der Waals surface area contributed by atoms with E-state index in [9.17, 15) is 19.4 Å². The van der Waals surface area contributed by atoms with Crippen LogP contribution in [0.3, 0.4) is 0 Å². The smallest absolute Gasteiger partial charge is 0.351 e. The van der Waals surface area contributed by atoms with Gasteiger partial charge in [0.15, 0.2) is 12.4 Å². The second-order valence-electron chi connectivity index (χ2n) is 5.37. The van der Waals surface area contributed by atoms with E-state index in [1.165, 1.54) is 12.3 Å². The third-order valence-electron chi connectivity index (χ3n) is 3.74. The summed E-state index contributed by atoms with van der Waals surface area (Å²) in [7, 11) is 1.58. The first kappa shape index (κ1) is 19.1. The van der Waals surface area contributed by atoms with Gasteiger partial charge in [-0.3, -0.25) is 4.57 Å². The summed E-state index contributed by atoms with van der Waals surface area (Å²) in [6.07, 6.45) is -3.68. The molecule has 0 saturated carbocycles. The summed E-state index contributed by atoms with van der Waals surface area (Å²) in [5.41, 5.74) is 5.50. The number of rotatable bonds is 8. The SMILES string of the molecule is COCCCNc1ccn([C@@H]2O[C@@](CO)(N=[N+]=[N-])[C@@H](O)[C@@H]2F)c(=O)n1. The van der Waals surface area contributed by atoms with Gasteiger partial charge in [-0.1, -0.05) is 5.11 Å². The lowest BCUT2D eigenvalue weighted by molar-refractivity contribution is -0.124. The number of azide groups is 1. The largest absolute Gasteiger partial charge is 0.393 e. The zero-order valence-corrected chi connectivity index (χ0v) is 13.4. The Labute approximate surface area is 141 Å². The number of halogens is 1. The summed E-state index contributed by atoms with van der Waals surface area (Å²) in [6.45, 7) is 0.125. The number of methoxy groups -OCH3 is 1. The Kier molecular flexibility index (Phi) is 6.28. The Morgan fingerprint density at radius 2 is 2.44 bits per heavy atom. The molecule has 25 heavy (non-hydrogen) atoms. The van der Waals surface area contributed by atoms with Gasteiger partial charge in [0, 0.05) is 31.4 Å². The van der Waals surface area contributed by atoms with E-state index in [2.05, 4.69) is 20.3 Å². The number of aliphatic hydroxyl groups excluding tert-OH is 2. The van der Waals surface area contributed by atoms with Gasteiger partial charge in [0.2, 0.25) is 5.72 Å². The highest BCUT2D eigenvalue weighted by atomic mass is 19.1. The lowest BCUT2D eigenvalue weighted by Gasteiger charge is -2.23.